The molecule has 0 radical (unpaired) electrons. The van der Waals surface area contributed by atoms with Gasteiger partial charge in [-0.2, -0.15) is 0 Å². The lowest BCUT2D eigenvalue weighted by Gasteiger charge is -2.26. The summed E-state index contributed by atoms with van der Waals surface area (Å²) in [6.07, 6.45) is -7.63. The average Bonchev–Trinajstić information content (AvgIpc) is 3.57. The molecule has 4 fully saturated rings. The average molecular weight is 561 g/mol. The Kier molecular flexibility index (Phi) is 9.88. The second-order valence-corrected chi connectivity index (χ2v) is 10.4. The largest absolute Gasteiger partial charge is 0.390 e. The third-order valence-electron chi connectivity index (χ3n) is 6.54. The van der Waals surface area contributed by atoms with Crippen molar-refractivity contribution >= 4 is 0 Å². The molecule has 17 heteroatoms. The Balaban J connectivity index is 1.18. The lowest BCUT2D eigenvalue weighted by molar-refractivity contribution is -0.247. The van der Waals surface area contributed by atoms with Crippen LogP contribution in [0.5, 0.6) is 0 Å². The summed E-state index contributed by atoms with van der Waals surface area (Å²) in [5.41, 5.74) is 17.1. The van der Waals surface area contributed by atoms with Crippen LogP contribution in [0.4, 0.5) is 0 Å². The van der Waals surface area contributed by atoms with Gasteiger partial charge in [-0.05, 0) is 38.8 Å². The molecule has 220 valence electrons. The third-order valence-corrected chi connectivity index (χ3v) is 6.54. The summed E-state index contributed by atoms with van der Waals surface area (Å²) in [6.45, 7) is 7.45. The maximum atomic E-state index is 10.4. The fraction of sp³-hybridized carbons (Fsp3) is 1.00. The Labute approximate surface area is 224 Å². The first-order chi connectivity index (χ1) is 18.5. The van der Waals surface area contributed by atoms with Gasteiger partial charge in [-0.1, -0.05) is 10.2 Å². The molecule has 0 aliphatic carbocycles. The standard InChI is InChI=1S/C22H36N6O11/c1-21(2)36-15-13(11(29)9-25-27-23)34-19(17(15)38-21)32-7-5-31-6-8-33-20-18-16(37-22(3,4)39-18)14(35-20)12(30)10-26-28-24/h11-20,29-30H,5-10H2,1-4H3/t11-,12-,13-,14-,15+,16+,17+,18+,19+,20+/m1/s1. The SMILES string of the molecule is CC1(C)O[C@@H]2[C@H](O1)[C@@H](OCCOCCO[C@H]1O[C@H]([C@H](O)CN=[N+]=[N-])[C@@H]3OC(C)(C)O[C@H]13)O[C@@H]2[C@H](O)CN=[N+]=[N-]. The monoisotopic (exact) mass is 560 g/mol. The highest BCUT2D eigenvalue weighted by molar-refractivity contribution is 4.99. The van der Waals surface area contributed by atoms with Gasteiger partial charge in [0, 0.05) is 9.82 Å². The molecule has 0 aromatic rings. The van der Waals surface area contributed by atoms with Crippen molar-refractivity contribution in [1.29, 1.82) is 0 Å². The van der Waals surface area contributed by atoms with E-state index in [9.17, 15) is 10.2 Å². The molecule has 0 unspecified atom stereocenters. The fourth-order valence-electron chi connectivity index (χ4n) is 5.07. The molecular weight excluding hydrogens is 524 g/mol. The van der Waals surface area contributed by atoms with Crippen molar-refractivity contribution in [2.75, 3.05) is 39.5 Å². The van der Waals surface area contributed by atoms with Crippen LogP contribution in [0.1, 0.15) is 27.7 Å². The summed E-state index contributed by atoms with van der Waals surface area (Å²) < 4.78 is 52.3. The quantitative estimate of drug-likeness (QED) is 0.131. The van der Waals surface area contributed by atoms with Gasteiger partial charge in [-0.15, -0.1) is 0 Å². The van der Waals surface area contributed by atoms with Gasteiger partial charge >= 0.3 is 0 Å². The Bertz CT molecular complexity index is 858. The molecule has 0 bridgehead atoms. The van der Waals surface area contributed by atoms with Gasteiger partial charge in [0.15, 0.2) is 24.2 Å². The maximum Gasteiger partial charge on any atom is 0.187 e. The molecule has 4 heterocycles. The third kappa shape index (κ3) is 7.28. The van der Waals surface area contributed by atoms with Crippen LogP contribution in [0.15, 0.2) is 10.2 Å². The van der Waals surface area contributed by atoms with Gasteiger partial charge in [0.05, 0.1) is 51.7 Å². The van der Waals surface area contributed by atoms with E-state index < -0.39 is 73.0 Å². The van der Waals surface area contributed by atoms with Gasteiger partial charge in [0.25, 0.3) is 0 Å². The molecule has 4 aliphatic heterocycles. The topological polar surface area (TPSA) is 221 Å². The highest BCUT2D eigenvalue weighted by atomic mass is 16.8. The Morgan fingerprint density at radius 2 is 1.08 bits per heavy atom. The highest BCUT2D eigenvalue weighted by Gasteiger charge is 2.58. The van der Waals surface area contributed by atoms with E-state index in [0.717, 1.165) is 0 Å². The first-order valence-corrected chi connectivity index (χ1v) is 12.8. The molecule has 0 saturated carbocycles. The molecule has 0 aromatic heterocycles. The van der Waals surface area contributed by atoms with Gasteiger partial charge < -0.3 is 52.8 Å². The number of hydrogen-bond donors (Lipinski definition) is 2. The molecule has 4 rings (SSSR count). The number of fused-ring (bicyclic) bond motifs is 2. The maximum absolute atomic E-state index is 10.4. The first-order valence-electron chi connectivity index (χ1n) is 12.8. The summed E-state index contributed by atoms with van der Waals surface area (Å²) in [6, 6.07) is 0. The zero-order chi connectivity index (χ0) is 28.2. The summed E-state index contributed by atoms with van der Waals surface area (Å²) in [5, 5.41) is 27.5. The van der Waals surface area contributed by atoms with Crippen molar-refractivity contribution in [3.05, 3.63) is 20.9 Å². The van der Waals surface area contributed by atoms with Crippen LogP contribution in [0.2, 0.25) is 0 Å². The van der Waals surface area contributed by atoms with E-state index in [-0.39, 0.29) is 39.5 Å². The molecule has 4 saturated heterocycles. The molecule has 2 N–H and O–H groups in total. The van der Waals surface area contributed by atoms with E-state index in [2.05, 4.69) is 20.1 Å². The predicted molar refractivity (Wildman–Crippen MR) is 128 cm³/mol. The first kappa shape index (κ1) is 30.1. The van der Waals surface area contributed by atoms with Crippen LogP contribution >= 0.6 is 0 Å². The van der Waals surface area contributed by atoms with Crippen LogP contribution in [0.3, 0.4) is 0 Å². The van der Waals surface area contributed by atoms with Crippen molar-refractivity contribution < 1.29 is 52.8 Å². The number of hydrogen-bond acceptors (Lipinski definition) is 13. The molecule has 39 heavy (non-hydrogen) atoms. The number of rotatable bonds is 14. The Morgan fingerprint density at radius 1 is 0.692 bits per heavy atom. The van der Waals surface area contributed by atoms with Crippen molar-refractivity contribution in [2.45, 2.75) is 101 Å². The van der Waals surface area contributed by atoms with Crippen LogP contribution in [0.25, 0.3) is 20.9 Å². The van der Waals surface area contributed by atoms with Gasteiger partial charge in [0.1, 0.15) is 36.6 Å². The number of aliphatic hydroxyl groups excluding tert-OH is 2. The predicted octanol–water partition coefficient (Wildman–Crippen LogP) is 0.869. The molecular formula is C22H36N6O11. The summed E-state index contributed by atoms with van der Waals surface area (Å²) in [4.78, 5) is 5.33. The molecule has 4 aliphatic rings. The highest BCUT2D eigenvalue weighted by Crippen LogP contribution is 2.41. The van der Waals surface area contributed by atoms with Crippen LogP contribution < -0.4 is 0 Å². The smallest absolute Gasteiger partial charge is 0.187 e. The van der Waals surface area contributed by atoms with E-state index in [1.807, 2.05) is 0 Å². The van der Waals surface area contributed by atoms with Crippen molar-refractivity contribution in [3.8, 4) is 0 Å². The van der Waals surface area contributed by atoms with Crippen LogP contribution in [0, 0.1) is 0 Å². The van der Waals surface area contributed by atoms with Crippen molar-refractivity contribution in [1.82, 2.24) is 0 Å². The molecule has 17 nitrogen and oxygen atoms in total. The van der Waals surface area contributed by atoms with E-state index in [0.29, 0.717) is 0 Å². The fourth-order valence-corrected chi connectivity index (χ4v) is 5.07. The minimum absolute atomic E-state index is 0.167. The Hall–Kier alpha value is -1.82. The van der Waals surface area contributed by atoms with Crippen molar-refractivity contribution in [3.63, 3.8) is 0 Å². The van der Waals surface area contributed by atoms with E-state index in [4.69, 9.17) is 53.7 Å². The Morgan fingerprint density at radius 3 is 1.46 bits per heavy atom. The molecule has 10 atom stereocenters. The van der Waals surface area contributed by atoms with E-state index in [1.54, 1.807) is 27.7 Å². The van der Waals surface area contributed by atoms with E-state index in [1.165, 1.54) is 0 Å². The molecule has 0 spiro atoms. The second kappa shape index (κ2) is 12.8. The normalized spacial score (nSPS) is 37.5. The van der Waals surface area contributed by atoms with Crippen LogP contribution in [-0.2, 0) is 42.6 Å². The van der Waals surface area contributed by atoms with Crippen LogP contribution in [-0.4, -0.2) is 123 Å². The van der Waals surface area contributed by atoms with Crippen molar-refractivity contribution in [2.24, 2.45) is 10.2 Å². The summed E-state index contributed by atoms with van der Waals surface area (Å²) >= 11 is 0. The molecule has 0 aromatic carbocycles. The summed E-state index contributed by atoms with van der Waals surface area (Å²) in [5.74, 6) is -1.76. The van der Waals surface area contributed by atoms with E-state index >= 15 is 0 Å². The lowest BCUT2D eigenvalue weighted by Crippen LogP contribution is -2.40. The molecule has 0 amide bonds. The number of azide groups is 2. The zero-order valence-electron chi connectivity index (χ0n) is 22.3. The summed E-state index contributed by atoms with van der Waals surface area (Å²) in [7, 11) is 0. The lowest BCUT2D eigenvalue weighted by atomic mass is 10.1. The minimum atomic E-state index is -1.08. The number of ether oxygens (including phenoxy) is 9. The van der Waals surface area contributed by atoms with Gasteiger partial charge in [-0.3, -0.25) is 0 Å². The number of aliphatic hydroxyl groups is 2. The van der Waals surface area contributed by atoms with Gasteiger partial charge in [-0.25, -0.2) is 0 Å². The second-order valence-electron chi connectivity index (χ2n) is 10.4. The number of nitrogens with zero attached hydrogens (tertiary/aromatic N) is 6. The minimum Gasteiger partial charge on any atom is -0.390 e. The zero-order valence-corrected chi connectivity index (χ0v) is 22.3. The van der Waals surface area contributed by atoms with Gasteiger partial charge in [0.2, 0.25) is 0 Å².